The number of methoxy groups -OCH3 is 1. The molecule has 0 saturated carbocycles. The highest BCUT2D eigenvalue weighted by Crippen LogP contribution is 2.33. The molecule has 4 aromatic rings. The molecule has 1 atom stereocenters. The maximum absolute atomic E-state index is 14.0. The zero-order valence-corrected chi connectivity index (χ0v) is 22.9. The summed E-state index contributed by atoms with van der Waals surface area (Å²) in [5.74, 6) is -0.924. The number of esters is 1. The molecule has 39 heavy (non-hydrogen) atoms. The molecule has 3 aromatic carbocycles. The van der Waals surface area contributed by atoms with Crippen LogP contribution < -0.4 is 5.32 Å². The second-order valence-electron chi connectivity index (χ2n) is 10.6. The van der Waals surface area contributed by atoms with E-state index in [2.05, 4.69) is 5.32 Å². The van der Waals surface area contributed by atoms with Gasteiger partial charge in [-0.25, -0.2) is 9.59 Å². The largest absolute Gasteiger partial charge is 0.467 e. The van der Waals surface area contributed by atoms with E-state index in [1.807, 2.05) is 91.9 Å². The minimum atomic E-state index is -1.07. The summed E-state index contributed by atoms with van der Waals surface area (Å²) in [6.45, 7) is 7.25. The molecule has 1 heterocycles. The fourth-order valence-electron chi connectivity index (χ4n) is 4.70. The van der Waals surface area contributed by atoms with Crippen molar-refractivity contribution in [1.29, 1.82) is 0 Å². The summed E-state index contributed by atoms with van der Waals surface area (Å²) in [5, 5.41) is 3.73. The normalized spacial score (nSPS) is 12.5. The number of hydrogen-bond donors (Lipinski definition) is 1. The van der Waals surface area contributed by atoms with Crippen LogP contribution in [0, 0.1) is 0 Å². The maximum Gasteiger partial charge on any atom is 0.419 e. The topological polar surface area (TPSA) is 86.6 Å². The van der Waals surface area contributed by atoms with Gasteiger partial charge in [-0.1, -0.05) is 78.9 Å². The lowest BCUT2D eigenvalue weighted by Gasteiger charge is -2.31. The molecule has 0 spiro atoms. The molecule has 0 saturated heterocycles. The SMILES string of the molecule is COC(=O)[C@H](Cc1cn(C(=O)OC(C)(C)C)c2ccccc12)NC(=O)C(C)(c1ccccc1)c1ccccc1. The van der Waals surface area contributed by atoms with Crippen LogP contribution in [0.15, 0.2) is 91.1 Å². The van der Waals surface area contributed by atoms with E-state index in [9.17, 15) is 14.4 Å². The molecule has 202 valence electrons. The summed E-state index contributed by atoms with van der Waals surface area (Å²) in [6.07, 6.45) is 1.26. The van der Waals surface area contributed by atoms with E-state index in [1.54, 1.807) is 27.0 Å². The van der Waals surface area contributed by atoms with Gasteiger partial charge in [-0.15, -0.1) is 0 Å². The van der Waals surface area contributed by atoms with Crippen LogP contribution >= 0.6 is 0 Å². The van der Waals surface area contributed by atoms with E-state index in [-0.39, 0.29) is 12.3 Å². The summed E-state index contributed by atoms with van der Waals surface area (Å²) in [7, 11) is 1.29. The van der Waals surface area contributed by atoms with Crippen LogP contribution in [0.25, 0.3) is 10.9 Å². The van der Waals surface area contributed by atoms with Crippen molar-refractivity contribution in [1.82, 2.24) is 9.88 Å². The minimum absolute atomic E-state index is 0.119. The van der Waals surface area contributed by atoms with E-state index in [1.165, 1.54) is 11.7 Å². The van der Waals surface area contributed by atoms with E-state index in [0.717, 1.165) is 16.5 Å². The van der Waals surface area contributed by atoms with E-state index in [0.29, 0.717) is 11.1 Å². The lowest BCUT2D eigenvalue weighted by atomic mass is 9.75. The van der Waals surface area contributed by atoms with Gasteiger partial charge in [0.2, 0.25) is 5.91 Å². The molecular formula is C32H34N2O5. The Morgan fingerprint density at radius 3 is 1.90 bits per heavy atom. The molecule has 7 nitrogen and oxygen atoms in total. The van der Waals surface area contributed by atoms with Gasteiger partial charge in [0, 0.05) is 18.0 Å². The van der Waals surface area contributed by atoms with Crippen LogP contribution in [0.5, 0.6) is 0 Å². The highest BCUT2D eigenvalue weighted by Gasteiger charge is 2.39. The summed E-state index contributed by atoms with van der Waals surface area (Å²) < 4.78 is 12.1. The Morgan fingerprint density at radius 1 is 0.821 bits per heavy atom. The molecule has 0 bridgehead atoms. The molecule has 0 fully saturated rings. The van der Waals surface area contributed by atoms with Gasteiger partial charge in [0.05, 0.1) is 18.0 Å². The van der Waals surface area contributed by atoms with Gasteiger partial charge in [0.25, 0.3) is 0 Å². The van der Waals surface area contributed by atoms with Crippen molar-refractivity contribution in [3.8, 4) is 0 Å². The van der Waals surface area contributed by atoms with Gasteiger partial charge in [0.1, 0.15) is 11.6 Å². The number of para-hydroxylation sites is 1. The number of nitrogens with one attached hydrogen (secondary N) is 1. The third-order valence-electron chi connectivity index (χ3n) is 6.76. The van der Waals surface area contributed by atoms with Crippen LogP contribution in [0.3, 0.4) is 0 Å². The van der Waals surface area contributed by atoms with Crippen molar-refractivity contribution in [3.05, 3.63) is 108 Å². The number of fused-ring (bicyclic) bond motifs is 1. The number of rotatable bonds is 7. The standard InChI is InChI=1S/C32H34N2O5/c1-31(2,3)39-30(37)34-21-22(25-18-12-13-19-27(25)34)20-26(28(35)38-5)33-29(36)32(4,23-14-8-6-9-15-23)24-16-10-7-11-17-24/h6-19,21,26H,20H2,1-5H3,(H,33,36)/t26-/m0/s1. The first-order valence-electron chi connectivity index (χ1n) is 12.9. The lowest BCUT2D eigenvalue weighted by Crippen LogP contribution is -2.51. The molecule has 0 aliphatic carbocycles. The van der Waals surface area contributed by atoms with Crippen molar-refractivity contribution < 1.29 is 23.9 Å². The van der Waals surface area contributed by atoms with E-state index >= 15 is 0 Å². The van der Waals surface area contributed by atoms with Gasteiger partial charge >= 0.3 is 12.1 Å². The van der Waals surface area contributed by atoms with Crippen molar-refractivity contribution in [2.75, 3.05) is 7.11 Å². The quantitative estimate of drug-likeness (QED) is 0.316. The number of carbonyl (C=O) groups is 3. The van der Waals surface area contributed by atoms with Gasteiger partial charge in [-0.05, 0) is 50.5 Å². The average Bonchev–Trinajstić information content (AvgIpc) is 3.30. The van der Waals surface area contributed by atoms with Crippen LogP contribution in [0.2, 0.25) is 0 Å². The number of nitrogens with zero attached hydrogens (tertiary/aromatic N) is 1. The Bertz CT molecular complexity index is 1430. The zero-order chi connectivity index (χ0) is 28.2. The monoisotopic (exact) mass is 526 g/mol. The molecule has 0 radical (unpaired) electrons. The van der Waals surface area contributed by atoms with E-state index < -0.39 is 29.1 Å². The molecule has 1 aromatic heterocycles. The number of benzene rings is 3. The van der Waals surface area contributed by atoms with Crippen molar-refractivity contribution in [3.63, 3.8) is 0 Å². The van der Waals surface area contributed by atoms with Gasteiger partial charge in [0.15, 0.2) is 0 Å². The molecule has 7 heteroatoms. The fourth-order valence-corrected chi connectivity index (χ4v) is 4.70. The Balaban J connectivity index is 1.71. The Labute approximate surface area is 228 Å². The lowest BCUT2D eigenvalue weighted by molar-refractivity contribution is -0.145. The van der Waals surface area contributed by atoms with Crippen LogP contribution in [-0.2, 0) is 30.9 Å². The second kappa shape index (κ2) is 11.2. The summed E-state index contributed by atoms with van der Waals surface area (Å²) in [6, 6.07) is 25.3. The maximum atomic E-state index is 14.0. The highest BCUT2D eigenvalue weighted by molar-refractivity contribution is 5.96. The van der Waals surface area contributed by atoms with E-state index in [4.69, 9.17) is 9.47 Å². The van der Waals surface area contributed by atoms with Crippen LogP contribution in [0.1, 0.15) is 44.4 Å². The van der Waals surface area contributed by atoms with Gasteiger partial charge in [-0.2, -0.15) is 0 Å². The average molecular weight is 527 g/mol. The Morgan fingerprint density at radius 2 is 1.36 bits per heavy atom. The zero-order valence-electron chi connectivity index (χ0n) is 22.9. The highest BCUT2D eigenvalue weighted by atomic mass is 16.6. The Kier molecular flexibility index (Phi) is 7.90. The van der Waals surface area contributed by atoms with Gasteiger partial charge in [-0.3, -0.25) is 9.36 Å². The Hall–Kier alpha value is -4.39. The second-order valence-corrected chi connectivity index (χ2v) is 10.6. The smallest absolute Gasteiger partial charge is 0.419 e. The summed E-state index contributed by atoms with van der Waals surface area (Å²) in [5.41, 5.74) is 1.19. The first-order valence-corrected chi connectivity index (χ1v) is 12.9. The first-order chi connectivity index (χ1) is 18.5. The third-order valence-corrected chi connectivity index (χ3v) is 6.76. The number of hydrogen-bond acceptors (Lipinski definition) is 5. The number of aromatic nitrogens is 1. The summed E-state index contributed by atoms with van der Waals surface area (Å²) in [4.78, 5) is 40.0. The number of carbonyl (C=O) groups excluding carboxylic acids is 3. The molecular weight excluding hydrogens is 492 g/mol. The molecule has 4 rings (SSSR count). The molecule has 0 aliphatic heterocycles. The predicted octanol–water partition coefficient (Wildman–Crippen LogP) is 5.63. The predicted molar refractivity (Wildman–Crippen MR) is 151 cm³/mol. The molecule has 0 unspecified atom stereocenters. The van der Waals surface area contributed by atoms with Crippen molar-refractivity contribution in [2.45, 2.75) is 51.2 Å². The molecule has 0 aliphatic rings. The first kappa shape index (κ1) is 27.6. The van der Waals surface area contributed by atoms with Crippen molar-refractivity contribution >= 4 is 28.9 Å². The third kappa shape index (κ3) is 5.87. The van der Waals surface area contributed by atoms with Crippen LogP contribution in [0.4, 0.5) is 4.79 Å². The number of ether oxygens (including phenoxy) is 2. The fraction of sp³-hybridized carbons (Fsp3) is 0.281. The van der Waals surface area contributed by atoms with Gasteiger partial charge < -0.3 is 14.8 Å². The molecule has 1 N–H and O–H groups in total. The van der Waals surface area contributed by atoms with Crippen molar-refractivity contribution in [2.24, 2.45) is 0 Å². The molecule has 1 amide bonds. The number of amides is 1. The van der Waals surface area contributed by atoms with Crippen LogP contribution in [-0.4, -0.2) is 41.3 Å². The minimum Gasteiger partial charge on any atom is -0.467 e. The summed E-state index contributed by atoms with van der Waals surface area (Å²) >= 11 is 0.